The summed E-state index contributed by atoms with van der Waals surface area (Å²) < 4.78 is 14.7. The van der Waals surface area contributed by atoms with Gasteiger partial charge in [-0.2, -0.15) is 5.10 Å². The maximum absolute atomic E-state index is 12.5. The number of esters is 3. The van der Waals surface area contributed by atoms with Crippen LogP contribution in [-0.2, 0) is 23.8 Å². The van der Waals surface area contributed by atoms with Crippen LogP contribution in [0.4, 0.5) is 11.4 Å². The van der Waals surface area contributed by atoms with Crippen molar-refractivity contribution in [2.75, 3.05) is 31.1 Å². The SMILES string of the molecule is CCOC(=O)C1=NN(c2ccc(Cl)cc2Cl)C(C)(C(=O)OCC)C1.COC(=O)c1nc(C2CC2)cc(N)c1Cl. The Labute approximate surface area is 241 Å². The van der Waals surface area contributed by atoms with Crippen molar-refractivity contribution >= 4 is 69.8 Å². The molecule has 2 aromatic rings. The van der Waals surface area contributed by atoms with E-state index >= 15 is 0 Å². The minimum Gasteiger partial charge on any atom is -0.464 e. The van der Waals surface area contributed by atoms with E-state index in [0.717, 1.165) is 18.5 Å². The molecule has 0 spiro atoms. The van der Waals surface area contributed by atoms with Crippen LogP contribution in [0, 0.1) is 0 Å². The molecule has 2 heterocycles. The summed E-state index contributed by atoms with van der Waals surface area (Å²) >= 11 is 18.0. The highest BCUT2D eigenvalue weighted by Crippen LogP contribution is 2.41. The van der Waals surface area contributed by atoms with Crippen molar-refractivity contribution in [3.05, 3.63) is 50.7 Å². The van der Waals surface area contributed by atoms with Gasteiger partial charge >= 0.3 is 17.9 Å². The van der Waals surface area contributed by atoms with Gasteiger partial charge in [-0.3, -0.25) is 0 Å². The molecule has 1 aromatic carbocycles. The number of ether oxygens (including phenoxy) is 3. The topological polar surface area (TPSA) is 133 Å². The van der Waals surface area contributed by atoms with E-state index in [9.17, 15) is 14.4 Å². The molecule has 1 fully saturated rings. The Morgan fingerprint density at radius 1 is 1.08 bits per heavy atom. The van der Waals surface area contributed by atoms with Crippen molar-refractivity contribution in [3.8, 4) is 0 Å². The average Bonchev–Trinajstić information content (AvgIpc) is 3.68. The van der Waals surface area contributed by atoms with Gasteiger partial charge in [0.1, 0.15) is 5.71 Å². The molecule has 0 radical (unpaired) electrons. The number of carbonyl (C=O) groups is 3. The Hall–Kier alpha value is -3.08. The summed E-state index contributed by atoms with van der Waals surface area (Å²) in [5.41, 5.74) is 6.42. The lowest BCUT2D eigenvalue weighted by Crippen LogP contribution is -2.48. The summed E-state index contributed by atoms with van der Waals surface area (Å²) in [6.45, 7) is 5.49. The molecule has 2 N–H and O–H groups in total. The predicted octanol–water partition coefficient (Wildman–Crippen LogP) is 5.43. The highest BCUT2D eigenvalue weighted by Gasteiger charge is 2.49. The van der Waals surface area contributed by atoms with Gasteiger partial charge < -0.3 is 19.9 Å². The van der Waals surface area contributed by atoms with Crippen molar-refractivity contribution in [1.82, 2.24) is 4.98 Å². The zero-order valence-corrected chi connectivity index (χ0v) is 24.2. The molecule has 1 aliphatic carbocycles. The van der Waals surface area contributed by atoms with Crippen molar-refractivity contribution in [2.45, 2.75) is 51.5 Å². The molecule has 1 saturated carbocycles. The number of hydrogen-bond donors (Lipinski definition) is 1. The van der Waals surface area contributed by atoms with Gasteiger partial charge in [-0.25, -0.2) is 24.4 Å². The van der Waals surface area contributed by atoms with Gasteiger partial charge in [-0.15, -0.1) is 0 Å². The van der Waals surface area contributed by atoms with E-state index in [0.29, 0.717) is 27.3 Å². The van der Waals surface area contributed by atoms with Crippen LogP contribution in [0.25, 0.3) is 0 Å². The number of benzene rings is 1. The van der Waals surface area contributed by atoms with E-state index in [4.69, 9.17) is 50.0 Å². The predicted molar refractivity (Wildman–Crippen MR) is 150 cm³/mol. The highest BCUT2D eigenvalue weighted by molar-refractivity contribution is 6.39. The van der Waals surface area contributed by atoms with Gasteiger partial charge in [0.25, 0.3) is 0 Å². The molecule has 1 aliphatic heterocycles. The number of nitrogens with two attached hydrogens (primary N) is 1. The van der Waals surface area contributed by atoms with E-state index in [1.807, 2.05) is 0 Å². The summed E-state index contributed by atoms with van der Waals surface area (Å²) in [6, 6.07) is 6.54. The third-order valence-corrected chi connectivity index (χ3v) is 6.88. The fourth-order valence-electron chi connectivity index (χ4n) is 3.80. The normalized spacial score (nSPS) is 18.0. The van der Waals surface area contributed by atoms with Crippen LogP contribution in [0.3, 0.4) is 0 Å². The van der Waals surface area contributed by atoms with Crippen molar-refractivity contribution in [3.63, 3.8) is 0 Å². The Morgan fingerprint density at radius 3 is 2.31 bits per heavy atom. The molecule has 0 saturated heterocycles. The number of rotatable bonds is 7. The van der Waals surface area contributed by atoms with Crippen molar-refractivity contribution in [1.29, 1.82) is 0 Å². The molecule has 10 nitrogen and oxygen atoms in total. The fourth-order valence-corrected chi connectivity index (χ4v) is 4.47. The Balaban J connectivity index is 0.000000239. The Morgan fingerprint density at radius 2 is 1.74 bits per heavy atom. The lowest BCUT2D eigenvalue weighted by molar-refractivity contribution is -0.148. The smallest absolute Gasteiger partial charge is 0.358 e. The Bertz CT molecular complexity index is 1300. The van der Waals surface area contributed by atoms with E-state index in [1.165, 1.54) is 12.1 Å². The number of anilines is 2. The largest absolute Gasteiger partial charge is 0.464 e. The first-order valence-corrected chi connectivity index (χ1v) is 13.3. The monoisotopic (exact) mass is 598 g/mol. The minimum atomic E-state index is -1.20. The van der Waals surface area contributed by atoms with Crippen LogP contribution in [0.2, 0.25) is 15.1 Å². The Kier molecular flexibility index (Phi) is 10.0. The maximum Gasteiger partial charge on any atom is 0.358 e. The zero-order valence-electron chi connectivity index (χ0n) is 21.9. The van der Waals surface area contributed by atoms with Gasteiger partial charge in [0.2, 0.25) is 0 Å². The lowest BCUT2D eigenvalue weighted by Gasteiger charge is -2.32. The zero-order chi connectivity index (χ0) is 28.9. The summed E-state index contributed by atoms with van der Waals surface area (Å²) in [5, 5.41) is 6.61. The van der Waals surface area contributed by atoms with E-state index in [1.54, 1.807) is 45.0 Å². The summed E-state index contributed by atoms with van der Waals surface area (Å²) in [5.74, 6) is -1.19. The van der Waals surface area contributed by atoms with Crippen LogP contribution in [-0.4, -0.2) is 54.5 Å². The average molecular weight is 600 g/mol. The first-order chi connectivity index (χ1) is 18.5. The summed E-state index contributed by atoms with van der Waals surface area (Å²) in [4.78, 5) is 40.1. The quantitative estimate of drug-likeness (QED) is 0.327. The second kappa shape index (κ2) is 12.8. The van der Waals surface area contributed by atoms with Crippen molar-refractivity contribution in [2.24, 2.45) is 5.10 Å². The second-order valence-corrected chi connectivity index (χ2v) is 10.1. The molecule has 13 heteroatoms. The fraction of sp³-hybridized carbons (Fsp3) is 0.423. The third-order valence-electron chi connectivity index (χ3n) is 5.94. The molecule has 1 unspecified atom stereocenters. The molecule has 4 rings (SSSR count). The van der Waals surface area contributed by atoms with Gasteiger partial charge in [0.05, 0.1) is 41.7 Å². The molecule has 210 valence electrons. The first kappa shape index (κ1) is 30.5. The molecule has 39 heavy (non-hydrogen) atoms. The molecule has 0 amide bonds. The number of methoxy groups -OCH3 is 1. The van der Waals surface area contributed by atoms with Crippen molar-refractivity contribution < 1.29 is 28.6 Å². The maximum atomic E-state index is 12.5. The van der Waals surface area contributed by atoms with Gasteiger partial charge in [0.15, 0.2) is 11.2 Å². The molecule has 2 aliphatic rings. The third kappa shape index (κ3) is 6.93. The molecular weight excluding hydrogens is 571 g/mol. The van der Waals surface area contributed by atoms with Gasteiger partial charge in [-0.05, 0) is 57.9 Å². The molecule has 1 aromatic heterocycles. The number of nitrogen functional groups attached to an aromatic ring is 1. The van der Waals surface area contributed by atoms with E-state index in [-0.39, 0.29) is 36.1 Å². The van der Waals surface area contributed by atoms with Crippen LogP contribution >= 0.6 is 34.8 Å². The number of hydrogen-bond acceptors (Lipinski definition) is 10. The van der Waals surface area contributed by atoms with Crippen LogP contribution < -0.4 is 10.7 Å². The molecule has 1 atom stereocenters. The van der Waals surface area contributed by atoms with Crippen LogP contribution in [0.5, 0.6) is 0 Å². The molecule has 0 bridgehead atoms. The summed E-state index contributed by atoms with van der Waals surface area (Å²) in [6.07, 6.45) is 2.24. The van der Waals surface area contributed by atoms with E-state index in [2.05, 4.69) is 14.8 Å². The standard InChI is InChI=1S/C16H18Cl2N2O4.C10H11ClN2O2/c1-4-23-14(21)12-9-16(3,15(22)24-5-2)20(19-12)13-7-6-10(17)8-11(13)18;1-15-10(14)9-8(11)6(12)4-7(13-9)5-2-3-5/h6-8H,4-5,9H2,1-3H3;4-5H,2-3H2,1H3,(H2,12,13). The van der Waals surface area contributed by atoms with Gasteiger partial charge in [0, 0.05) is 23.1 Å². The number of halogens is 3. The number of pyridine rings is 1. The number of nitrogens with zero attached hydrogens (tertiary/aromatic N) is 3. The lowest BCUT2D eigenvalue weighted by atomic mass is 9.95. The van der Waals surface area contributed by atoms with Crippen LogP contribution in [0.15, 0.2) is 29.4 Å². The number of carbonyl (C=O) groups excluding carboxylic acids is 3. The first-order valence-electron chi connectivity index (χ1n) is 12.2. The number of hydrazone groups is 1. The molecular formula is C26H29Cl3N4O6. The number of aromatic nitrogens is 1. The second-order valence-electron chi connectivity index (χ2n) is 8.91. The van der Waals surface area contributed by atoms with Crippen LogP contribution in [0.1, 0.15) is 62.1 Å². The summed E-state index contributed by atoms with van der Waals surface area (Å²) in [7, 11) is 1.29. The highest BCUT2D eigenvalue weighted by atomic mass is 35.5. The van der Waals surface area contributed by atoms with E-state index < -0.39 is 23.4 Å². The van der Waals surface area contributed by atoms with Gasteiger partial charge in [-0.1, -0.05) is 34.8 Å². The minimum absolute atomic E-state index is 0.0591.